The first kappa shape index (κ1) is 20.3. The molecule has 0 spiro atoms. The van der Waals surface area contributed by atoms with Gasteiger partial charge in [0, 0.05) is 11.7 Å². The lowest BCUT2D eigenvalue weighted by molar-refractivity contribution is -0.123. The number of nitrogens with one attached hydrogen (secondary N) is 2. The molecule has 0 aliphatic carbocycles. The maximum absolute atomic E-state index is 12.4. The van der Waals surface area contributed by atoms with Crippen molar-refractivity contribution < 1.29 is 19.1 Å². The molecule has 0 bridgehead atoms. The number of carbonyl (C=O) groups is 2. The number of anilines is 1. The highest BCUT2D eigenvalue weighted by molar-refractivity contribution is 6.06. The van der Waals surface area contributed by atoms with E-state index >= 15 is 0 Å². The zero-order valence-corrected chi connectivity index (χ0v) is 16.0. The van der Waals surface area contributed by atoms with E-state index in [0.717, 1.165) is 12.8 Å². The van der Waals surface area contributed by atoms with Crippen molar-refractivity contribution in [2.75, 3.05) is 19.0 Å². The third-order valence-electron chi connectivity index (χ3n) is 3.96. The lowest BCUT2D eigenvalue weighted by Gasteiger charge is -2.13. The van der Waals surface area contributed by atoms with Crippen LogP contribution < -0.4 is 20.1 Å². The van der Waals surface area contributed by atoms with E-state index in [4.69, 9.17) is 9.47 Å². The van der Waals surface area contributed by atoms with Crippen LogP contribution in [-0.2, 0) is 4.79 Å². The fraction of sp³-hybridized carbons (Fsp3) is 0.333. The summed E-state index contributed by atoms with van der Waals surface area (Å²) in [4.78, 5) is 24.2. The number of carbonyl (C=O) groups excluding carboxylic acids is 2. The predicted octanol–water partition coefficient (Wildman–Crippen LogP) is 3.63. The second-order valence-electron chi connectivity index (χ2n) is 6.22. The highest BCUT2D eigenvalue weighted by Crippen LogP contribution is 2.20. The van der Waals surface area contributed by atoms with Gasteiger partial charge in [-0.25, -0.2) is 0 Å². The highest BCUT2D eigenvalue weighted by atomic mass is 16.5. The van der Waals surface area contributed by atoms with Gasteiger partial charge in [-0.15, -0.1) is 0 Å². The lowest BCUT2D eigenvalue weighted by Crippen LogP contribution is -2.35. The van der Waals surface area contributed by atoms with Crippen LogP contribution in [0, 0.1) is 0 Å². The quantitative estimate of drug-likeness (QED) is 0.707. The number of rotatable bonds is 9. The topological polar surface area (TPSA) is 76.7 Å². The molecule has 0 radical (unpaired) electrons. The van der Waals surface area contributed by atoms with Crippen molar-refractivity contribution in [1.29, 1.82) is 0 Å². The van der Waals surface area contributed by atoms with Crippen LogP contribution in [0.1, 0.15) is 37.0 Å². The molecule has 2 N–H and O–H groups in total. The molecule has 2 amide bonds. The lowest BCUT2D eigenvalue weighted by atomic mass is 10.2. The molecular formula is C21H26N2O4. The fourth-order valence-electron chi connectivity index (χ4n) is 2.64. The van der Waals surface area contributed by atoms with Gasteiger partial charge in [0.25, 0.3) is 11.8 Å². The fourth-order valence-corrected chi connectivity index (χ4v) is 2.64. The number of hydrogen-bond donors (Lipinski definition) is 2. The van der Waals surface area contributed by atoms with Crippen LogP contribution in [0.4, 0.5) is 5.69 Å². The SMILES string of the molecule is CCC[C@@H](C)NC(=O)COc1ccc(NC(=O)c2ccccc2OC)cc1. The third-order valence-corrected chi connectivity index (χ3v) is 3.96. The number of ether oxygens (including phenoxy) is 2. The number of methoxy groups -OCH3 is 1. The van der Waals surface area contributed by atoms with Crippen LogP contribution in [0.2, 0.25) is 0 Å². The Morgan fingerprint density at radius 2 is 1.78 bits per heavy atom. The molecule has 0 fully saturated rings. The molecule has 2 rings (SSSR count). The molecule has 2 aromatic carbocycles. The molecule has 6 nitrogen and oxygen atoms in total. The second-order valence-corrected chi connectivity index (χ2v) is 6.22. The number of benzene rings is 2. The van der Waals surface area contributed by atoms with E-state index < -0.39 is 0 Å². The number of amides is 2. The molecule has 0 saturated carbocycles. The summed E-state index contributed by atoms with van der Waals surface area (Å²) in [5.74, 6) is 0.664. The zero-order chi connectivity index (χ0) is 19.6. The molecule has 6 heteroatoms. The first-order valence-electron chi connectivity index (χ1n) is 9.00. The summed E-state index contributed by atoms with van der Waals surface area (Å²) in [6.07, 6.45) is 1.96. The van der Waals surface area contributed by atoms with Gasteiger partial charge >= 0.3 is 0 Å². The molecule has 0 aliphatic rings. The first-order valence-corrected chi connectivity index (χ1v) is 9.00. The number of para-hydroxylation sites is 1. The van der Waals surface area contributed by atoms with E-state index in [-0.39, 0.29) is 24.5 Å². The maximum Gasteiger partial charge on any atom is 0.259 e. The van der Waals surface area contributed by atoms with Gasteiger partial charge in [-0.3, -0.25) is 9.59 Å². The Hall–Kier alpha value is -3.02. The van der Waals surface area contributed by atoms with Crippen molar-refractivity contribution in [3.8, 4) is 11.5 Å². The molecule has 0 saturated heterocycles. The van der Waals surface area contributed by atoms with Crippen LogP contribution in [0.15, 0.2) is 48.5 Å². The molecule has 144 valence electrons. The van der Waals surface area contributed by atoms with Crippen LogP contribution >= 0.6 is 0 Å². The first-order chi connectivity index (χ1) is 13.0. The standard InChI is InChI=1S/C21H26N2O4/c1-4-7-15(2)22-20(24)14-27-17-12-10-16(11-13-17)23-21(25)18-8-5-6-9-19(18)26-3/h5-6,8-13,15H,4,7,14H2,1-3H3,(H,22,24)(H,23,25)/t15-/m1/s1. The van der Waals surface area contributed by atoms with Gasteiger partial charge in [0.05, 0.1) is 12.7 Å². The highest BCUT2D eigenvalue weighted by Gasteiger charge is 2.12. The van der Waals surface area contributed by atoms with Crippen LogP contribution in [0.3, 0.4) is 0 Å². The van der Waals surface area contributed by atoms with Gasteiger partial charge in [-0.1, -0.05) is 25.5 Å². The minimum Gasteiger partial charge on any atom is -0.496 e. The minimum atomic E-state index is -0.259. The zero-order valence-electron chi connectivity index (χ0n) is 16.0. The molecule has 1 atom stereocenters. The Kier molecular flexibility index (Phi) is 7.67. The maximum atomic E-state index is 12.4. The smallest absolute Gasteiger partial charge is 0.259 e. The van der Waals surface area contributed by atoms with Crippen molar-refractivity contribution in [1.82, 2.24) is 5.32 Å². The Bertz CT molecular complexity index is 759. The largest absolute Gasteiger partial charge is 0.496 e. The summed E-state index contributed by atoms with van der Waals surface area (Å²) in [5.41, 5.74) is 1.08. The minimum absolute atomic E-state index is 0.0407. The van der Waals surface area contributed by atoms with Crippen LogP contribution in [0.5, 0.6) is 11.5 Å². The van der Waals surface area contributed by atoms with Gasteiger partial charge < -0.3 is 20.1 Å². The van der Waals surface area contributed by atoms with E-state index in [1.807, 2.05) is 6.92 Å². The van der Waals surface area contributed by atoms with Gasteiger partial charge in [0.2, 0.25) is 0 Å². The van der Waals surface area contributed by atoms with E-state index in [0.29, 0.717) is 22.7 Å². The second kappa shape index (κ2) is 10.2. The van der Waals surface area contributed by atoms with Crippen molar-refractivity contribution in [2.24, 2.45) is 0 Å². The monoisotopic (exact) mass is 370 g/mol. The van der Waals surface area contributed by atoms with Gasteiger partial charge in [-0.2, -0.15) is 0 Å². The number of hydrogen-bond acceptors (Lipinski definition) is 4. The average molecular weight is 370 g/mol. The molecule has 27 heavy (non-hydrogen) atoms. The summed E-state index contributed by atoms with van der Waals surface area (Å²) >= 11 is 0. The van der Waals surface area contributed by atoms with Gasteiger partial charge in [-0.05, 0) is 49.7 Å². The van der Waals surface area contributed by atoms with E-state index in [2.05, 4.69) is 17.6 Å². The summed E-state index contributed by atoms with van der Waals surface area (Å²) in [6, 6.07) is 14.0. The predicted molar refractivity (Wildman–Crippen MR) is 105 cm³/mol. The Morgan fingerprint density at radius 3 is 2.44 bits per heavy atom. The normalized spacial score (nSPS) is 11.4. The molecule has 2 aromatic rings. The van der Waals surface area contributed by atoms with Crippen molar-refractivity contribution >= 4 is 17.5 Å². The summed E-state index contributed by atoms with van der Waals surface area (Å²) < 4.78 is 10.7. The average Bonchev–Trinajstić information content (AvgIpc) is 2.67. The van der Waals surface area contributed by atoms with E-state index in [1.165, 1.54) is 7.11 Å². The van der Waals surface area contributed by atoms with Crippen molar-refractivity contribution in [3.63, 3.8) is 0 Å². The molecule has 0 heterocycles. The summed E-state index contributed by atoms with van der Waals surface area (Å²) in [5, 5.41) is 5.70. The van der Waals surface area contributed by atoms with Crippen molar-refractivity contribution in [2.45, 2.75) is 32.7 Å². The Labute approximate surface area is 159 Å². The summed E-state index contributed by atoms with van der Waals surface area (Å²) in [7, 11) is 1.53. The third kappa shape index (κ3) is 6.33. The molecule has 0 unspecified atom stereocenters. The van der Waals surface area contributed by atoms with Crippen LogP contribution in [0.25, 0.3) is 0 Å². The van der Waals surface area contributed by atoms with Crippen molar-refractivity contribution in [3.05, 3.63) is 54.1 Å². The van der Waals surface area contributed by atoms with Gasteiger partial charge in [0.1, 0.15) is 11.5 Å². The summed E-state index contributed by atoms with van der Waals surface area (Å²) in [6.45, 7) is 4.01. The Balaban J connectivity index is 1.88. The molecular weight excluding hydrogens is 344 g/mol. The van der Waals surface area contributed by atoms with E-state index in [9.17, 15) is 9.59 Å². The Morgan fingerprint density at radius 1 is 1.07 bits per heavy atom. The van der Waals surface area contributed by atoms with Crippen LogP contribution in [-0.4, -0.2) is 31.6 Å². The molecule has 0 aliphatic heterocycles. The molecule has 0 aromatic heterocycles. The van der Waals surface area contributed by atoms with E-state index in [1.54, 1.807) is 48.5 Å². The van der Waals surface area contributed by atoms with Gasteiger partial charge in [0.15, 0.2) is 6.61 Å².